The van der Waals surface area contributed by atoms with E-state index in [1.807, 2.05) is 12.1 Å². The first-order valence-corrected chi connectivity index (χ1v) is 8.68. The van der Waals surface area contributed by atoms with Crippen LogP contribution in [0.5, 0.6) is 5.75 Å². The number of anilines is 1. The topological polar surface area (TPSA) is 32.3 Å². The SMILES string of the molecule is CCCCc1ccc(NCc2cc(Br)c(O)c(Br)c2)cc1. The van der Waals surface area contributed by atoms with Crippen molar-refractivity contribution in [2.75, 3.05) is 5.32 Å². The maximum atomic E-state index is 9.70. The average molecular weight is 413 g/mol. The summed E-state index contributed by atoms with van der Waals surface area (Å²) in [6.45, 7) is 2.93. The van der Waals surface area contributed by atoms with Crippen LogP contribution >= 0.6 is 31.9 Å². The van der Waals surface area contributed by atoms with Crippen LogP contribution in [0, 0.1) is 0 Å². The molecule has 0 atom stereocenters. The number of nitrogens with one attached hydrogen (secondary N) is 1. The fourth-order valence-corrected chi connectivity index (χ4v) is 3.38. The van der Waals surface area contributed by atoms with Crippen LogP contribution in [0.1, 0.15) is 30.9 Å². The van der Waals surface area contributed by atoms with Gasteiger partial charge in [-0.2, -0.15) is 0 Å². The van der Waals surface area contributed by atoms with Crippen LogP contribution in [0.3, 0.4) is 0 Å². The number of hydrogen-bond acceptors (Lipinski definition) is 2. The smallest absolute Gasteiger partial charge is 0.143 e. The molecule has 0 amide bonds. The van der Waals surface area contributed by atoms with Crippen LogP contribution in [0.15, 0.2) is 45.3 Å². The summed E-state index contributed by atoms with van der Waals surface area (Å²) in [5, 5.41) is 13.1. The fraction of sp³-hybridized carbons (Fsp3) is 0.294. The summed E-state index contributed by atoms with van der Waals surface area (Å²) in [7, 11) is 0. The average Bonchev–Trinajstić information content (AvgIpc) is 2.49. The predicted octanol–water partition coefficient (Wildman–Crippen LogP) is 5.87. The molecule has 2 N–H and O–H groups in total. The van der Waals surface area contributed by atoms with Crippen LogP contribution in [-0.4, -0.2) is 5.11 Å². The van der Waals surface area contributed by atoms with Crippen molar-refractivity contribution >= 4 is 37.5 Å². The highest BCUT2D eigenvalue weighted by Gasteiger charge is 2.05. The maximum absolute atomic E-state index is 9.70. The molecule has 0 unspecified atom stereocenters. The van der Waals surface area contributed by atoms with Crippen LogP contribution < -0.4 is 5.32 Å². The maximum Gasteiger partial charge on any atom is 0.143 e. The molecule has 0 aromatic heterocycles. The molecule has 2 rings (SSSR count). The Kier molecular flexibility index (Phi) is 6.12. The molecule has 0 aliphatic carbocycles. The van der Waals surface area contributed by atoms with Crippen molar-refractivity contribution in [3.8, 4) is 5.75 Å². The van der Waals surface area contributed by atoms with E-state index < -0.39 is 0 Å². The third-order valence-electron chi connectivity index (χ3n) is 3.35. The van der Waals surface area contributed by atoms with Gasteiger partial charge < -0.3 is 10.4 Å². The Hall–Kier alpha value is -1.000. The molecular formula is C17H19Br2NO. The number of aryl methyl sites for hydroxylation is 1. The quantitative estimate of drug-likeness (QED) is 0.621. The Morgan fingerprint density at radius 1 is 1.00 bits per heavy atom. The second-order valence-electron chi connectivity index (χ2n) is 5.06. The largest absolute Gasteiger partial charge is 0.506 e. The summed E-state index contributed by atoms with van der Waals surface area (Å²) >= 11 is 6.70. The minimum atomic E-state index is 0.235. The minimum absolute atomic E-state index is 0.235. The molecule has 0 aliphatic rings. The third kappa shape index (κ3) is 4.75. The van der Waals surface area contributed by atoms with E-state index in [0.717, 1.165) is 17.7 Å². The van der Waals surface area contributed by atoms with Crippen LogP contribution in [0.25, 0.3) is 0 Å². The van der Waals surface area contributed by atoms with Gasteiger partial charge in [0.15, 0.2) is 0 Å². The summed E-state index contributed by atoms with van der Waals surface area (Å²) in [5.41, 5.74) is 3.59. The molecule has 0 heterocycles. The standard InChI is InChI=1S/C17H19Br2NO/c1-2-3-4-12-5-7-14(8-6-12)20-11-13-9-15(18)17(21)16(19)10-13/h5-10,20-21H,2-4,11H2,1H3. The van der Waals surface area contributed by atoms with E-state index in [0.29, 0.717) is 15.5 Å². The van der Waals surface area contributed by atoms with Crippen LogP contribution in [0.2, 0.25) is 0 Å². The molecule has 21 heavy (non-hydrogen) atoms. The van der Waals surface area contributed by atoms with E-state index in [2.05, 4.69) is 68.4 Å². The highest BCUT2D eigenvalue weighted by molar-refractivity contribution is 9.11. The van der Waals surface area contributed by atoms with Crippen molar-refractivity contribution in [3.05, 3.63) is 56.5 Å². The molecule has 2 aromatic carbocycles. The van der Waals surface area contributed by atoms with E-state index in [4.69, 9.17) is 0 Å². The van der Waals surface area contributed by atoms with Gasteiger partial charge in [-0.25, -0.2) is 0 Å². The van der Waals surface area contributed by atoms with Gasteiger partial charge in [-0.3, -0.25) is 0 Å². The van der Waals surface area contributed by atoms with E-state index in [9.17, 15) is 5.11 Å². The summed E-state index contributed by atoms with van der Waals surface area (Å²) < 4.78 is 1.40. The zero-order valence-electron chi connectivity index (χ0n) is 12.0. The lowest BCUT2D eigenvalue weighted by Crippen LogP contribution is -1.99. The van der Waals surface area contributed by atoms with Crippen molar-refractivity contribution in [1.82, 2.24) is 0 Å². The number of aromatic hydroxyl groups is 1. The summed E-state index contributed by atoms with van der Waals surface area (Å²) in [6.07, 6.45) is 3.61. The highest BCUT2D eigenvalue weighted by atomic mass is 79.9. The minimum Gasteiger partial charge on any atom is -0.506 e. The van der Waals surface area contributed by atoms with Gasteiger partial charge in [-0.15, -0.1) is 0 Å². The zero-order valence-corrected chi connectivity index (χ0v) is 15.2. The van der Waals surface area contributed by atoms with Crippen molar-refractivity contribution in [3.63, 3.8) is 0 Å². The van der Waals surface area contributed by atoms with Gasteiger partial charge in [-0.05, 0) is 80.1 Å². The Morgan fingerprint density at radius 2 is 1.62 bits per heavy atom. The first-order chi connectivity index (χ1) is 10.1. The molecule has 0 spiro atoms. The molecule has 2 aromatic rings. The zero-order chi connectivity index (χ0) is 15.2. The summed E-state index contributed by atoms with van der Waals surface area (Å²) in [5.74, 6) is 0.235. The summed E-state index contributed by atoms with van der Waals surface area (Å²) in [6, 6.07) is 12.4. The van der Waals surface area contributed by atoms with Crippen molar-refractivity contribution < 1.29 is 5.11 Å². The normalized spacial score (nSPS) is 10.6. The van der Waals surface area contributed by atoms with Gasteiger partial charge in [0.1, 0.15) is 5.75 Å². The Bertz CT molecular complexity index is 573. The Labute approximate surface area is 142 Å². The lowest BCUT2D eigenvalue weighted by molar-refractivity contribution is 0.468. The van der Waals surface area contributed by atoms with Gasteiger partial charge in [0.05, 0.1) is 8.95 Å². The van der Waals surface area contributed by atoms with E-state index in [1.54, 1.807) is 0 Å². The van der Waals surface area contributed by atoms with E-state index >= 15 is 0 Å². The fourth-order valence-electron chi connectivity index (χ4n) is 2.09. The molecule has 0 saturated heterocycles. The first-order valence-electron chi connectivity index (χ1n) is 7.10. The van der Waals surface area contributed by atoms with Gasteiger partial charge in [0, 0.05) is 12.2 Å². The molecule has 0 saturated carbocycles. The lowest BCUT2D eigenvalue weighted by Gasteiger charge is -2.09. The number of unbranched alkanes of at least 4 members (excludes halogenated alkanes) is 1. The Balaban J connectivity index is 1.96. The van der Waals surface area contributed by atoms with Crippen molar-refractivity contribution in [2.45, 2.75) is 32.7 Å². The Morgan fingerprint density at radius 3 is 2.19 bits per heavy atom. The van der Waals surface area contributed by atoms with E-state index in [1.165, 1.54) is 18.4 Å². The molecule has 0 fully saturated rings. The van der Waals surface area contributed by atoms with Crippen LogP contribution in [-0.2, 0) is 13.0 Å². The third-order valence-corrected chi connectivity index (χ3v) is 4.56. The van der Waals surface area contributed by atoms with Crippen molar-refractivity contribution in [1.29, 1.82) is 0 Å². The second-order valence-corrected chi connectivity index (χ2v) is 6.77. The number of rotatable bonds is 6. The number of halogens is 2. The molecular weight excluding hydrogens is 394 g/mol. The van der Waals surface area contributed by atoms with Crippen LogP contribution in [0.4, 0.5) is 5.69 Å². The number of phenolic OH excluding ortho intramolecular Hbond substituents is 1. The van der Waals surface area contributed by atoms with E-state index in [-0.39, 0.29) is 5.75 Å². The summed E-state index contributed by atoms with van der Waals surface area (Å²) in [4.78, 5) is 0. The molecule has 2 nitrogen and oxygen atoms in total. The van der Waals surface area contributed by atoms with Gasteiger partial charge >= 0.3 is 0 Å². The second kappa shape index (κ2) is 7.85. The highest BCUT2D eigenvalue weighted by Crippen LogP contribution is 2.33. The van der Waals surface area contributed by atoms with Gasteiger partial charge in [-0.1, -0.05) is 25.5 Å². The number of phenols is 1. The molecule has 112 valence electrons. The van der Waals surface area contributed by atoms with Gasteiger partial charge in [0.25, 0.3) is 0 Å². The van der Waals surface area contributed by atoms with Gasteiger partial charge in [0.2, 0.25) is 0 Å². The van der Waals surface area contributed by atoms with Crippen molar-refractivity contribution in [2.24, 2.45) is 0 Å². The first kappa shape index (κ1) is 16.4. The number of hydrogen-bond donors (Lipinski definition) is 2. The molecule has 0 radical (unpaired) electrons. The lowest BCUT2D eigenvalue weighted by atomic mass is 10.1. The molecule has 4 heteroatoms. The molecule has 0 bridgehead atoms. The number of benzene rings is 2. The predicted molar refractivity (Wildman–Crippen MR) is 95.9 cm³/mol. The molecule has 0 aliphatic heterocycles. The monoisotopic (exact) mass is 411 g/mol.